The number of rotatable bonds is 7. The fraction of sp³-hybridized carbons (Fsp3) is 0.600. The quantitative estimate of drug-likeness (QED) is 0.741. The largest absolute Gasteiger partial charge is 0.349 e. The Bertz CT molecular complexity index is 535. The van der Waals surface area contributed by atoms with Crippen LogP contribution in [0.15, 0.2) is 17.2 Å². The molecule has 0 unspecified atom stereocenters. The second-order valence-electron chi connectivity index (χ2n) is 4.04. The van der Waals surface area contributed by atoms with Crippen molar-refractivity contribution in [2.45, 2.75) is 37.3 Å². The minimum absolute atomic E-state index is 0.0660. The second kappa shape index (κ2) is 6.10. The summed E-state index contributed by atoms with van der Waals surface area (Å²) in [5, 5.41) is 0. The molecule has 0 spiro atoms. The van der Waals surface area contributed by atoms with Gasteiger partial charge in [0.05, 0.1) is 11.4 Å². The van der Waals surface area contributed by atoms with Crippen molar-refractivity contribution in [2.75, 3.05) is 6.54 Å². The first kappa shape index (κ1) is 16.9. The molecule has 0 saturated heterocycles. The molecular weight excluding hydrogens is 302 g/mol. The third-order valence-electron chi connectivity index (χ3n) is 2.64. The van der Waals surface area contributed by atoms with E-state index in [-0.39, 0.29) is 11.4 Å². The number of alkyl halides is 4. The number of halogens is 4. The Hall–Kier alpha value is -1.13. The zero-order valence-corrected chi connectivity index (χ0v) is 11.4. The van der Waals surface area contributed by atoms with E-state index in [0.717, 1.165) is 0 Å². The van der Waals surface area contributed by atoms with Crippen LogP contribution in [0.4, 0.5) is 17.6 Å². The SMILES string of the molecule is CCn1cc(S(=O)(=O)NCC(F)(F)C(F)F)cc1CN. The molecule has 1 heterocycles. The van der Waals surface area contributed by atoms with Crippen LogP contribution in [0.2, 0.25) is 0 Å². The zero-order chi connectivity index (χ0) is 15.6. The molecule has 1 aromatic heterocycles. The van der Waals surface area contributed by atoms with Gasteiger partial charge in [-0.2, -0.15) is 8.78 Å². The van der Waals surface area contributed by atoms with Gasteiger partial charge >= 0.3 is 12.3 Å². The number of hydrogen-bond acceptors (Lipinski definition) is 3. The normalized spacial score (nSPS) is 13.2. The van der Waals surface area contributed by atoms with Crippen molar-refractivity contribution in [3.05, 3.63) is 18.0 Å². The molecule has 5 nitrogen and oxygen atoms in total. The molecule has 0 aromatic carbocycles. The van der Waals surface area contributed by atoms with Crippen LogP contribution >= 0.6 is 0 Å². The standard InChI is InChI=1S/C10H15F4N3O2S/c1-2-17-5-8(3-7(17)4-15)20(18,19)16-6-10(13,14)9(11)12/h3,5,9,16H,2,4,6,15H2,1H3. The minimum Gasteiger partial charge on any atom is -0.349 e. The summed E-state index contributed by atoms with van der Waals surface area (Å²) in [4.78, 5) is -0.287. The van der Waals surface area contributed by atoms with Crippen molar-refractivity contribution in [2.24, 2.45) is 5.73 Å². The van der Waals surface area contributed by atoms with E-state index < -0.39 is 28.9 Å². The van der Waals surface area contributed by atoms with E-state index in [1.165, 1.54) is 21.6 Å². The number of nitrogens with one attached hydrogen (secondary N) is 1. The van der Waals surface area contributed by atoms with Crippen LogP contribution in [0.1, 0.15) is 12.6 Å². The van der Waals surface area contributed by atoms with E-state index in [9.17, 15) is 26.0 Å². The molecule has 0 radical (unpaired) electrons. The highest BCUT2D eigenvalue weighted by Crippen LogP contribution is 2.22. The Kier molecular flexibility index (Phi) is 5.16. The Balaban J connectivity index is 2.92. The fourth-order valence-electron chi connectivity index (χ4n) is 1.49. The second-order valence-corrected chi connectivity index (χ2v) is 5.81. The first-order valence-electron chi connectivity index (χ1n) is 5.68. The highest BCUT2D eigenvalue weighted by Gasteiger charge is 2.41. The summed E-state index contributed by atoms with van der Waals surface area (Å²) in [5.41, 5.74) is 5.90. The van der Waals surface area contributed by atoms with Gasteiger partial charge in [-0.1, -0.05) is 0 Å². The molecule has 0 aliphatic heterocycles. The van der Waals surface area contributed by atoms with Crippen LogP contribution in [0.25, 0.3) is 0 Å². The lowest BCUT2D eigenvalue weighted by atomic mass is 10.4. The molecule has 0 aliphatic rings. The maximum atomic E-state index is 12.7. The molecule has 10 heteroatoms. The fourth-order valence-corrected chi connectivity index (χ4v) is 2.60. The van der Waals surface area contributed by atoms with Gasteiger partial charge in [0.2, 0.25) is 10.0 Å². The van der Waals surface area contributed by atoms with E-state index in [0.29, 0.717) is 12.2 Å². The number of hydrogen-bond donors (Lipinski definition) is 2. The first-order valence-corrected chi connectivity index (χ1v) is 7.17. The molecule has 116 valence electrons. The van der Waals surface area contributed by atoms with Gasteiger partial charge in [-0.15, -0.1) is 0 Å². The van der Waals surface area contributed by atoms with E-state index in [1.54, 1.807) is 6.92 Å². The molecule has 0 aliphatic carbocycles. The molecule has 0 bridgehead atoms. The Morgan fingerprint density at radius 3 is 2.45 bits per heavy atom. The van der Waals surface area contributed by atoms with E-state index in [2.05, 4.69) is 0 Å². The van der Waals surface area contributed by atoms with Crippen LogP contribution in [-0.4, -0.2) is 31.9 Å². The number of aryl methyl sites for hydroxylation is 1. The van der Waals surface area contributed by atoms with Gasteiger partial charge in [0.1, 0.15) is 0 Å². The van der Waals surface area contributed by atoms with Crippen molar-refractivity contribution in [3.63, 3.8) is 0 Å². The van der Waals surface area contributed by atoms with Crippen molar-refractivity contribution < 1.29 is 26.0 Å². The molecule has 1 aromatic rings. The average molecular weight is 317 g/mol. The summed E-state index contributed by atoms with van der Waals surface area (Å²) in [6.07, 6.45) is -2.73. The first-order chi connectivity index (χ1) is 9.14. The van der Waals surface area contributed by atoms with E-state index in [4.69, 9.17) is 5.73 Å². The number of aromatic nitrogens is 1. The highest BCUT2D eigenvalue weighted by molar-refractivity contribution is 7.89. The van der Waals surface area contributed by atoms with Crippen LogP contribution in [0, 0.1) is 0 Å². The summed E-state index contributed by atoms with van der Waals surface area (Å²) >= 11 is 0. The third-order valence-corrected chi connectivity index (χ3v) is 4.01. The van der Waals surface area contributed by atoms with E-state index >= 15 is 0 Å². The van der Waals surface area contributed by atoms with Gasteiger partial charge in [-0.3, -0.25) is 0 Å². The lowest BCUT2D eigenvalue weighted by molar-refractivity contribution is -0.122. The van der Waals surface area contributed by atoms with Gasteiger partial charge in [0.25, 0.3) is 0 Å². The molecular formula is C10H15F4N3O2S. The number of sulfonamides is 1. The van der Waals surface area contributed by atoms with Crippen LogP contribution in [-0.2, 0) is 23.1 Å². The molecule has 0 saturated carbocycles. The minimum atomic E-state index is -4.42. The molecule has 1 rings (SSSR count). The maximum absolute atomic E-state index is 12.7. The van der Waals surface area contributed by atoms with Gasteiger partial charge in [0, 0.05) is 25.0 Å². The predicted octanol–water partition coefficient (Wildman–Crippen LogP) is 1.15. The molecule has 0 amide bonds. The monoisotopic (exact) mass is 317 g/mol. The maximum Gasteiger partial charge on any atom is 0.320 e. The number of nitrogens with two attached hydrogens (primary N) is 1. The lowest BCUT2D eigenvalue weighted by Gasteiger charge is -2.15. The topological polar surface area (TPSA) is 77.1 Å². The zero-order valence-electron chi connectivity index (χ0n) is 10.6. The van der Waals surface area contributed by atoms with E-state index in [1.807, 2.05) is 0 Å². The van der Waals surface area contributed by atoms with Crippen molar-refractivity contribution >= 4 is 10.0 Å². The summed E-state index contributed by atoms with van der Waals surface area (Å²) in [7, 11) is -4.29. The van der Waals surface area contributed by atoms with Crippen LogP contribution in [0.5, 0.6) is 0 Å². The van der Waals surface area contributed by atoms with Gasteiger partial charge in [-0.25, -0.2) is 21.9 Å². The van der Waals surface area contributed by atoms with Crippen LogP contribution in [0.3, 0.4) is 0 Å². The third kappa shape index (κ3) is 3.70. The Morgan fingerprint density at radius 2 is 2.05 bits per heavy atom. The summed E-state index contributed by atoms with van der Waals surface area (Å²) in [5.74, 6) is -4.42. The highest BCUT2D eigenvalue weighted by atomic mass is 32.2. The van der Waals surface area contributed by atoms with Gasteiger partial charge < -0.3 is 10.3 Å². The predicted molar refractivity (Wildman–Crippen MR) is 64.1 cm³/mol. The van der Waals surface area contributed by atoms with Crippen LogP contribution < -0.4 is 10.5 Å². The molecule has 0 atom stereocenters. The smallest absolute Gasteiger partial charge is 0.320 e. The van der Waals surface area contributed by atoms with Crippen molar-refractivity contribution in [3.8, 4) is 0 Å². The molecule has 0 fully saturated rings. The Morgan fingerprint density at radius 1 is 1.45 bits per heavy atom. The average Bonchev–Trinajstić information content (AvgIpc) is 2.80. The molecule has 3 N–H and O–H groups in total. The lowest BCUT2D eigenvalue weighted by Crippen LogP contribution is -2.41. The number of nitrogens with zero attached hydrogens (tertiary/aromatic N) is 1. The summed E-state index contributed by atoms with van der Waals surface area (Å²) in [6, 6.07) is 1.21. The molecule has 20 heavy (non-hydrogen) atoms. The van der Waals surface area contributed by atoms with Gasteiger partial charge in [0.15, 0.2) is 0 Å². The summed E-state index contributed by atoms with van der Waals surface area (Å²) in [6.45, 7) is 0.585. The Labute approximate surface area is 113 Å². The van der Waals surface area contributed by atoms with Crippen molar-refractivity contribution in [1.29, 1.82) is 0 Å². The summed E-state index contributed by atoms with van der Waals surface area (Å²) < 4.78 is 75.9. The van der Waals surface area contributed by atoms with Crippen molar-refractivity contribution in [1.82, 2.24) is 9.29 Å². The van der Waals surface area contributed by atoms with Gasteiger partial charge in [-0.05, 0) is 13.0 Å².